The maximum atomic E-state index is 14.7. The van der Waals surface area contributed by atoms with Crippen LogP contribution in [0.5, 0.6) is 0 Å². The summed E-state index contributed by atoms with van der Waals surface area (Å²) in [4.78, 5) is 37.4. The molecule has 0 aliphatic heterocycles. The summed E-state index contributed by atoms with van der Waals surface area (Å²) in [6, 6.07) is 7.52. The van der Waals surface area contributed by atoms with Crippen LogP contribution in [0.25, 0.3) is 10.9 Å². The number of rotatable bonds is 7. The van der Waals surface area contributed by atoms with Gasteiger partial charge in [-0.1, -0.05) is 26.8 Å². The van der Waals surface area contributed by atoms with Gasteiger partial charge in [0.2, 0.25) is 5.91 Å². The van der Waals surface area contributed by atoms with Crippen LogP contribution in [0.4, 0.5) is 8.78 Å². The second kappa shape index (κ2) is 9.52. The highest BCUT2D eigenvalue weighted by atomic mass is 19.1. The number of aromatic nitrogens is 3. The fourth-order valence-corrected chi connectivity index (χ4v) is 4.24. The number of H-pyrrole nitrogens is 1. The van der Waals surface area contributed by atoms with Crippen molar-refractivity contribution in [1.29, 1.82) is 0 Å². The minimum Gasteiger partial charge on any atom is -0.383 e. The van der Waals surface area contributed by atoms with Crippen LogP contribution in [0.2, 0.25) is 0 Å². The third-order valence-electron chi connectivity index (χ3n) is 5.87. The molecule has 2 heterocycles. The fourth-order valence-electron chi connectivity index (χ4n) is 4.24. The Morgan fingerprint density at radius 2 is 1.81 bits per heavy atom. The van der Waals surface area contributed by atoms with E-state index in [1.807, 2.05) is 0 Å². The summed E-state index contributed by atoms with van der Waals surface area (Å²) in [5.41, 5.74) is 0.165. The zero-order valence-electron chi connectivity index (χ0n) is 20.3. The van der Waals surface area contributed by atoms with E-state index in [9.17, 15) is 23.2 Å². The second-order valence-corrected chi connectivity index (χ2v) is 9.77. The van der Waals surface area contributed by atoms with Gasteiger partial charge in [-0.05, 0) is 40.8 Å². The average Bonchev–Trinajstić information content (AvgIpc) is 3.35. The van der Waals surface area contributed by atoms with Crippen LogP contribution in [0.15, 0.2) is 51.9 Å². The number of aryl methyl sites for hydroxylation is 1. The van der Waals surface area contributed by atoms with E-state index in [0.29, 0.717) is 5.56 Å². The molecule has 1 atom stereocenters. The summed E-state index contributed by atoms with van der Waals surface area (Å²) < 4.78 is 36.1. The van der Waals surface area contributed by atoms with Crippen LogP contribution in [0, 0.1) is 11.6 Å². The molecule has 0 saturated heterocycles. The van der Waals surface area contributed by atoms with Crippen molar-refractivity contribution in [2.24, 2.45) is 7.05 Å². The molecule has 8 nitrogen and oxygen atoms in total. The molecule has 0 spiro atoms. The molecule has 10 heteroatoms. The highest BCUT2D eigenvalue weighted by molar-refractivity contribution is 5.93. The van der Waals surface area contributed by atoms with E-state index in [4.69, 9.17) is 4.52 Å². The lowest BCUT2D eigenvalue weighted by Crippen LogP contribution is -2.35. The Morgan fingerprint density at radius 1 is 1.11 bits per heavy atom. The number of amides is 1. The Balaban J connectivity index is 1.64. The number of carbonyl (C=O) groups is 2. The molecule has 36 heavy (non-hydrogen) atoms. The SMILES string of the molecule is Cn1ncc2cc(C(NC(=O)Cc3cc(=O)[nH]o3)C(=O)Cc3cc(F)c(C(C)(C)C)c(F)c3)ccc21. The monoisotopic (exact) mass is 496 g/mol. The van der Waals surface area contributed by atoms with Gasteiger partial charge in [0.05, 0.1) is 18.1 Å². The van der Waals surface area contributed by atoms with Gasteiger partial charge < -0.3 is 9.84 Å². The molecule has 0 radical (unpaired) electrons. The first-order valence-corrected chi connectivity index (χ1v) is 11.3. The fraction of sp³-hybridized carbons (Fsp3) is 0.308. The van der Waals surface area contributed by atoms with Gasteiger partial charge in [0.25, 0.3) is 5.56 Å². The van der Waals surface area contributed by atoms with E-state index < -0.39 is 40.3 Å². The predicted molar refractivity (Wildman–Crippen MR) is 128 cm³/mol. The lowest BCUT2D eigenvalue weighted by Gasteiger charge is -2.22. The highest BCUT2D eigenvalue weighted by Crippen LogP contribution is 2.29. The maximum Gasteiger partial charge on any atom is 0.280 e. The van der Waals surface area contributed by atoms with E-state index in [1.54, 1.807) is 56.9 Å². The predicted octanol–water partition coefficient (Wildman–Crippen LogP) is 3.64. The second-order valence-electron chi connectivity index (χ2n) is 9.77. The van der Waals surface area contributed by atoms with Gasteiger partial charge in [0, 0.05) is 30.5 Å². The minimum atomic E-state index is -1.11. The molecule has 0 fully saturated rings. The number of hydrogen-bond donors (Lipinski definition) is 2. The van der Waals surface area contributed by atoms with Gasteiger partial charge >= 0.3 is 0 Å². The largest absolute Gasteiger partial charge is 0.383 e. The quantitative estimate of drug-likeness (QED) is 0.406. The minimum absolute atomic E-state index is 0.0569. The number of Topliss-reactive ketones (excluding diaryl/α,β-unsaturated/α-hetero) is 1. The number of aromatic amines is 1. The van der Waals surface area contributed by atoms with Crippen molar-refractivity contribution in [2.75, 3.05) is 0 Å². The van der Waals surface area contributed by atoms with E-state index in [-0.39, 0.29) is 29.7 Å². The molecule has 4 aromatic rings. The molecule has 1 unspecified atom stereocenters. The summed E-state index contributed by atoms with van der Waals surface area (Å²) >= 11 is 0. The Kier molecular flexibility index (Phi) is 6.62. The van der Waals surface area contributed by atoms with Gasteiger partial charge in [0.1, 0.15) is 23.4 Å². The Hall–Kier alpha value is -4.08. The molecule has 0 saturated carbocycles. The van der Waals surface area contributed by atoms with E-state index >= 15 is 0 Å². The van der Waals surface area contributed by atoms with Crippen molar-refractivity contribution >= 4 is 22.6 Å². The van der Waals surface area contributed by atoms with Gasteiger partial charge in [0.15, 0.2) is 5.78 Å². The molecule has 0 aliphatic rings. The van der Waals surface area contributed by atoms with Crippen molar-refractivity contribution in [2.45, 2.75) is 45.1 Å². The molecular formula is C26H26F2N4O4. The van der Waals surface area contributed by atoms with Gasteiger partial charge in [-0.15, -0.1) is 0 Å². The van der Waals surface area contributed by atoms with Crippen molar-refractivity contribution in [3.8, 4) is 0 Å². The first kappa shape index (κ1) is 25.0. The maximum absolute atomic E-state index is 14.7. The van der Waals surface area contributed by atoms with Gasteiger partial charge in [-0.3, -0.25) is 19.1 Å². The lowest BCUT2D eigenvalue weighted by atomic mass is 9.85. The summed E-state index contributed by atoms with van der Waals surface area (Å²) in [7, 11) is 1.78. The van der Waals surface area contributed by atoms with Crippen LogP contribution in [0.1, 0.15) is 49.3 Å². The molecule has 2 aromatic heterocycles. The Morgan fingerprint density at radius 3 is 2.42 bits per heavy atom. The topological polar surface area (TPSA) is 110 Å². The third-order valence-corrected chi connectivity index (χ3v) is 5.87. The van der Waals surface area contributed by atoms with Crippen molar-refractivity contribution in [3.63, 3.8) is 0 Å². The first-order valence-electron chi connectivity index (χ1n) is 11.3. The highest BCUT2D eigenvalue weighted by Gasteiger charge is 2.27. The number of hydrogen-bond acceptors (Lipinski definition) is 5. The van der Waals surface area contributed by atoms with Crippen LogP contribution in [-0.4, -0.2) is 26.6 Å². The zero-order valence-corrected chi connectivity index (χ0v) is 20.3. The lowest BCUT2D eigenvalue weighted by molar-refractivity contribution is -0.127. The zero-order chi connectivity index (χ0) is 26.2. The number of nitrogens with one attached hydrogen (secondary N) is 2. The number of ketones is 1. The Labute approximate surface area is 205 Å². The summed E-state index contributed by atoms with van der Waals surface area (Å²) in [5.74, 6) is -2.39. The van der Waals surface area contributed by atoms with Crippen LogP contribution in [0.3, 0.4) is 0 Å². The van der Waals surface area contributed by atoms with Gasteiger partial charge in [-0.25, -0.2) is 8.78 Å². The van der Waals surface area contributed by atoms with E-state index in [1.165, 1.54) is 0 Å². The number of fused-ring (bicyclic) bond motifs is 1. The molecule has 188 valence electrons. The molecule has 1 amide bonds. The standard InChI is InChI=1S/C26H26F2N4O4/c1-26(2,3)24-18(27)7-14(8-19(24)28)9-21(33)25(30-22(34)11-17-12-23(35)31-36-17)15-5-6-20-16(10-15)13-29-32(20)4/h5-8,10,12-13,25H,9,11H2,1-4H3,(H,30,34)(H,31,35). The summed E-state index contributed by atoms with van der Waals surface area (Å²) in [6.45, 7) is 5.10. The average molecular weight is 497 g/mol. The van der Waals surface area contributed by atoms with Crippen LogP contribution >= 0.6 is 0 Å². The van der Waals surface area contributed by atoms with Crippen molar-refractivity contribution in [1.82, 2.24) is 20.3 Å². The third kappa shape index (κ3) is 5.27. The smallest absolute Gasteiger partial charge is 0.280 e. The Bertz CT molecular complexity index is 1490. The molecule has 2 aromatic carbocycles. The van der Waals surface area contributed by atoms with Crippen LogP contribution < -0.4 is 10.9 Å². The molecule has 2 N–H and O–H groups in total. The molecule has 0 bridgehead atoms. The molecule has 0 aliphatic carbocycles. The summed E-state index contributed by atoms with van der Waals surface area (Å²) in [6.07, 6.45) is 1.04. The van der Waals surface area contributed by atoms with Crippen molar-refractivity contribution in [3.05, 3.63) is 87.0 Å². The number of carbonyl (C=O) groups excluding carboxylic acids is 2. The molecule has 4 rings (SSSR count). The van der Waals surface area contributed by atoms with Crippen LogP contribution in [-0.2, 0) is 34.9 Å². The van der Waals surface area contributed by atoms with Crippen molar-refractivity contribution < 1.29 is 22.9 Å². The number of halogens is 2. The molecular weight excluding hydrogens is 470 g/mol. The van der Waals surface area contributed by atoms with E-state index in [2.05, 4.69) is 15.6 Å². The van der Waals surface area contributed by atoms with Gasteiger partial charge in [-0.2, -0.15) is 10.3 Å². The first-order chi connectivity index (χ1) is 16.9. The number of nitrogens with zero attached hydrogens (tertiary/aromatic N) is 2. The normalized spacial score (nSPS) is 12.6. The number of benzene rings is 2. The van der Waals surface area contributed by atoms with E-state index in [0.717, 1.165) is 29.1 Å². The summed E-state index contributed by atoms with van der Waals surface area (Å²) in [5, 5.41) is 9.72.